The monoisotopic (exact) mass is 646 g/mol. The standard InChI is InChI=1S/C42H31O5P/c43-41-37-33-15-35(31-13-27-23-9-21(25(27)11-29(31)33)17-5-1-3-7-19(17)23)39(37)42(47-48(44,45)46)40-36-16-34(38(40)41)30-12-26-22-10-24(28(26)14-32(30)36)20-8-4-2-6-18(20)22/h1-8,11-14,21-24,33-36,43H,9-10,15-16H2,(H2,44,45,46). The second-order valence-electron chi connectivity index (χ2n) is 15.8. The summed E-state index contributed by atoms with van der Waals surface area (Å²) in [5, 5.41) is 12.4. The lowest BCUT2D eigenvalue weighted by atomic mass is 9.74. The van der Waals surface area contributed by atoms with Gasteiger partial charge in [0.15, 0.2) is 0 Å². The van der Waals surface area contributed by atoms with E-state index in [4.69, 9.17) is 4.52 Å². The Morgan fingerprint density at radius 2 is 0.750 bits per heavy atom. The van der Waals surface area contributed by atoms with E-state index in [0.29, 0.717) is 35.2 Å². The molecule has 8 aliphatic carbocycles. The summed E-state index contributed by atoms with van der Waals surface area (Å²) in [7, 11) is -4.88. The van der Waals surface area contributed by atoms with E-state index in [9.17, 15) is 19.5 Å². The molecule has 8 atom stereocenters. The highest BCUT2D eigenvalue weighted by molar-refractivity contribution is 7.46. The molecule has 0 saturated carbocycles. The van der Waals surface area contributed by atoms with Gasteiger partial charge >= 0.3 is 7.82 Å². The molecule has 0 aromatic heterocycles. The summed E-state index contributed by atoms with van der Waals surface area (Å²) in [5.74, 6) is 2.22. The van der Waals surface area contributed by atoms with Gasteiger partial charge in [0.05, 0.1) is 0 Å². The predicted octanol–water partition coefficient (Wildman–Crippen LogP) is 8.79. The summed E-state index contributed by atoms with van der Waals surface area (Å²) in [6.45, 7) is 0. The zero-order valence-corrected chi connectivity index (χ0v) is 26.9. The third-order valence-corrected chi connectivity index (χ3v) is 14.6. The number of phenols is 1. The van der Waals surface area contributed by atoms with Gasteiger partial charge in [-0.25, -0.2) is 4.57 Å². The molecule has 0 radical (unpaired) electrons. The number of aromatic hydroxyl groups is 1. The maximum absolute atomic E-state index is 12.7. The number of fused-ring (bicyclic) bond motifs is 32. The van der Waals surface area contributed by atoms with Crippen LogP contribution in [0.1, 0.15) is 162 Å². The topological polar surface area (TPSA) is 87.0 Å². The molecule has 6 heteroatoms. The number of phosphoric acid groups is 1. The predicted molar refractivity (Wildman–Crippen MR) is 180 cm³/mol. The fourth-order valence-electron chi connectivity index (χ4n) is 12.7. The van der Waals surface area contributed by atoms with Crippen LogP contribution >= 0.6 is 7.82 Å². The molecule has 0 spiro atoms. The molecule has 8 bridgehead atoms. The van der Waals surface area contributed by atoms with Crippen LogP contribution in [0.4, 0.5) is 0 Å². The van der Waals surface area contributed by atoms with E-state index in [0.717, 1.165) is 47.9 Å². The Balaban J connectivity index is 0.995. The number of hydrogen-bond acceptors (Lipinski definition) is 3. The van der Waals surface area contributed by atoms with Crippen LogP contribution in [0.15, 0.2) is 72.8 Å². The molecule has 5 nitrogen and oxygen atoms in total. The van der Waals surface area contributed by atoms with E-state index < -0.39 is 7.82 Å². The first-order chi connectivity index (χ1) is 23.3. The molecule has 13 rings (SSSR count). The fourth-order valence-corrected chi connectivity index (χ4v) is 13.1. The second-order valence-corrected chi connectivity index (χ2v) is 16.9. The van der Waals surface area contributed by atoms with Gasteiger partial charge < -0.3 is 9.63 Å². The van der Waals surface area contributed by atoms with Gasteiger partial charge in [-0.05, 0) is 92.4 Å². The van der Waals surface area contributed by atoms with Crippen molar-refractivity contribution in [2.75, 3.05) is 0 Å². The van der Waals surface area contributed by atoms with Gasteiger partial charge in [0, 0.05) is 69.6 Å². The van der Waals surface area contributed by atoms with Gasteiger partial charge in [0.1, 0.15) is 11.5 Å². The van der Waals surface area contributed by atoms with Crippen LogP contribution in [-0.2, 0) is 4.57 Å². The van der Waals surface area contributed by atoms with Crippen molar-refractivity contribution in [3.05, 3.63) is 162 Å². The maximum Gasteiger partial charge on any atom is 0.524 e. The first-order valence-electron chi connectivity index (χ1n) is 17.5. The fraction of sp³-hybridized carbons (Fsp3) is 0.286. The van der Waals surface area contributed by atoms with Crippen molar-refractivity contribution in [3.8, 4) is 11.5 Å². The molecule has 8 unspecified atom stereocenters. The lowest BCUT2D eigenvalue weighted by molar-refractivity contribution is 0.280. The Morgan fingerprint density at radius 1 is 0.458 bits per heavy atom. The van der Waals surface area contributed by atoms with Crippen LogP contribution in [-0.4, -0.2) is 14.9 Å². The molecule has 8 aliphatic rings. The normalized spacial score (nSPS) is 30.1. The first kappa shape index (κ1) is 25.8. The van der Waals surface area contributed by atoms with Crippen molar-refractivity contribution in [1.82, 2.24) is 0 Å². The molecular weight excluding hydrogens is 615 g/mol. The Labute approximate surface area is 277 Å². The van der Waals surface area contributed by atoms with Crippen LogP contribution < -0.4 is 4.52 Å². The summed E-state index contributed by atoms with van der Waals surface area (Å²) < 4.78 is 18.5. The van der Waals surface area contributed by atoms with Gasteiger partial charge in [-0.1, -0.05) is 72.8 Å². The maximum atomic E-state index is 12.7. The van der Waals surface area contributed by atoms with Gasteiger partial charge in [-0.2, -0.15) is 0 Å². The molecule has 0 heterocycles. The number of phosphoric ester groups is 1. The van der Waals surface area contributed by atoms with E-state index in [1.807, 2.05) is 0 Å². The van der Waals surface area contributed by atoms with Crippen molar-refractivity contribution < 1.29 is 24.0 Å². The average molecular weight is 647 g/mol. The minimum atomic E-state index is -4.88. The Kier molecular flexibility index (Phi) is 4.30. The van der Waals surface area contributed by atoms with Crippen molar-refractivity contribution in [2.24, 2.45) is 0 Å². The summed E-state index contributed by atoms with van der Waals surface area (Å²) in [5.41, 5.74) is 19.9. The molecule has 5 aromatic carbocycles. The van der Waals surface area contributed by atoms with E-state index >= 15 is 0 Å². The molecule has 0 aliphatic heterocycles. The van der Waals surface area contributed by atoms with Crippen LogP contribution in [0.3, 0.4) is 0 Å². The number of benzene rings is 5. The largest absolute Gasteiger partial charge is 0.524 e. The lowest BCUT2D eigenvalue weighted by Crippen LogP contribution is -2.15. The van der Waals surface area contributed by atoms with Gasteiger partial charge in [-0.15, -0.1) is 0 Å². The van der Waals surface area contributed by atoms with E-state index in [2.05, 4.69) is 72.8 Å². The van der Waals surface area contributed by atoms with Crippen LogP contribution in [0.25, 0.3) is 0 Å². The molecular formula is C42H31O5P. The highest BCUT2D eigenvalue weighted by atomic mass is 31.2. The third-order valence-electron chi connectivity index (χ3n) is 14.1. The smallest absolute Gasteiger partial charge is 0.507 e. The number of phenolic OH excluding ortho intramolecular Hbond substituents is 1. The Hall–Kier alpha value is -4.15. The Morgan fingerprint density at radius 3 is 1.08 bits per heavy atom. The third kappa shape index (κ3) is 2.77. The minimum absolute atomic E-state index is 0.00468. The molecule has 3 N–H and O–H groups in total. The van der Waals surface area contributed by atoms with Crippen LogP contribution in [0, 0.1) is 0 Å². The van der Waals surface area contributed by atoms with Crippen LogP contribution in [0.5, 0.6) is 11.5 Å². The van der Waals surface area contributed by atoms with E-state index in [1.54, 1.807) is 0 Å². The quantitative estimate of drug-likeness (QED) is 0.167. The molecule has 48 heavy (non-hydrogen) atoms. The Bertz CT molecular complexity index is 2320. The first-order valence-corrected chi connectivity index (χ1v) is 19.1. The van der Waals surface area contributed by atoms with Crippen LogP contribution in [0.2, 0.25) is 0 Å². The molecule has 234 valence electrons. The second kappa shape index (κ2) is 8.00. The highest BCUT2D eigenvalue weighted by Crippen LogP contribution is 2.72. The van der Waals surface area contributed by atoms with Gasteiger partial charge in [0.2, 0.25) is 0 Å². The van der Waals surface area contributed by atoms with Crippen molar-refractivity contribution in [3.63, 3.8) is 0 Å². The van der Waals surface area contributed by atoms with Crippen molar-refractivity contribution >= 4 is 7.82 Å². The number of rotatable bonds is 2. The zero-order chi connectivity index (χ0) is 31.5. The van der Waals surface area contributed by atoms with Gasteiger partial charge in [-0.3, -0.25) is 9.79 Å². The molecule has 0 saturated heterocycles. The van der Waals surface area contributed by atoms with E-state index in [-0.39, 0.29) is 23.7 Å². The van der Waals surface area contributed by atoms with Gasteiger partial charge in [0.25, 0.3) is 0 Å². The molecule has 0 amide bonds. The van der Waals surface area contributed by atoms with Crippen molar-refractivity contribution in [1.29, 1.82) is 0 Å². The molecule has 0 fully saturated rings. The summed E-state index contributed by atoms with van der Waals surface area (Å²) in [6.07, 6.45) is 3.85. The molecule has 5 aromatic rings. The lowest BCUT2D eigenvalue weighted by Gasteiger charge is -2.32. The zero-order valence-electron chi connectivity index (χ0n) is 26.0. The van der Waals surface area contributed by atoms with Crippen molar-refractivity contribution in [2.45, 2.75) is 73.0 Å². The number of hydrogen-bond donors (Lipinski definition) is 3. The average Bonchev–Trinajstić information content (AvgIpc) is 3.95. The van der Waals surface area contributed by atoms with E-state index in [1.165, 1.54) is 66.8 Å². The minimum Gasteiger partial charge on any atom is -0.507 e. The SMILES string of the molecule is O=P(O)(O)Oc1c2c(c(O)c3c1C1CC3c3cc4c(cc31)C1CC4c3ccccc31)C1CC2c2cc3c(cc21)C1CC3c2ccccc21. The summed E-state index contributed by atoms with van der Waals surface area (Å²) in [6, 6.07) is 27.4. The highest BCUT2D eigenvalue weighted by Gasteiger charge is 2.55. The summed E-state index contributed by atoms with van der Waals surface area (Å²) in [4.78, 5) is 20.7. The summed E-state index contributed by atoms with van der Waals surface area (Å²) >= 11 is 0.